The zero-order valence-electron chi connectivity index (χ0n) is 31.4. The van der Waals surface area contributed by atoms with Crippen LogP contribution in [0.5, 0.6) is 5.75 Å². The molecule has 3 aliphatic heterocycles. The second kappa shape index (κ2) is 15.6. The lowest BCUT2D eigenvalue weighted by Crippen LogP contribution is -2.52. The van der Waals surface area contributed by atoms with E-state index in [0.717, 1.165) is 61.1 Å². The fourth-order valence-corrected chi connectivity index (χ4v) is 8.74. The monoisotopic (exact) mass is 773 g/mol. The van der Waals surface area contributed by atoms with E-state index < -0.39 is 5.82 Å². The summed E-state index contributed by atoms with van der Waals surface area (Å²) < 4.78 is 25.2. The lowest BCUT2D eigenvalue weighted by atomic mass is 9.92. The van der Waals surface area contributed by atoms with Crippen LogP contribution in [0.3, 0.4) is 0 Å². The molecule has 1 fully saturated rings. The Kier molecular flexibility index (Phi) is 10.5. The fourth-order valence-electron chi connectivity index (χ4n) is 8.74. The van der Waals surface area contributed by atoms with Crippen LogP contribution in [0.15, 0.2) is 103 Å². The standard InChI is InChI=1S/C45H44FN5O4.ClH/c1-47-19-17-31-25-35(12-16-41(31)47)51(34-10-13-37(52)14-11-34)45(54)40-27-43(49-18-5-4-8-42(40)49)39-26-33(46)9-15-38(39)44(53)50-28-32-7-3-2-6-30(32)24-36(50)29-48-20-22-55-23-21-48;/h2-3,6-7,9-17,19,25-27,36,52H,4-5,8,18,20-24,28-29H2,1H3;1H/t36-;/m0./s1. The van der Waals surface area contributed by atoms with Gasteiger partial charge in [-0.2, -0.15) is 0 Å². The summed E-state index contributed by atoms with van der Waals surface area (Å²) in [4.78, 5) is 36.0. The minimum Gasteiger partial charge on any atom is -0.508 e. The highest BCUT2D eigenvalue weighted by Gasteiger charge is 2.35. The molecule has 1 atom stereocenters. The molecule has 5 heterocycles. The van der Waals surface area contributed by atoms with E-state index in [2.05, 4.69) is 27.7 Å². The van der Waals surface area contributed by atoms with Crippen molar-refractivity contribution in [3.8, 4) is 17.0 Å². The van der Waals surface area contributed by atoms with Crippen molar-refractivity contribution < 1.29 is 23.8 Å². The highest BCUT2D eigenvalue weighted by molar-refractivity contribution is 6.13. The molecule has 9 rings (SSSR count). The highest BCUT2D eigenvalue weighted by atomic mass is 35.5. The molecule has 0 aliphatic carbocycles. The number of hydrogen-bond donors (Lipinski definition) is 1. The van der Waals surface area contributed by atoms with Gasteiger partial charge in [0.15, 0.2) is 0 Å². The largest absolute Gasteiger partial charge is 0.508 e. The maximum Gasteiger partial charge on any atom is 0.264 e. The van der Waals surface area contributed by atoms with Crippen LogP contribution >= 0.6 is 12.4 Å². The molecule has 0 bridgehead atoms. The normalized spacial score (nSPS) is 16.9. The van der Waals surface area contributed by atoms with E-state index >= 15 is 9.18 Å². The molecule has 2 aromatic heterocycles. The Morgan fingerprint density at radius 3 is 2.43 bits per heavy atom. The maximum absolute atomic E-state index is 15.4. The third-order valence-electron chi connectivity index (χ3n) is 11.6. The molecular formula is C45H45ClFN5O4. The summed E-state index contributed by atoms with van der Waals surface area (Å²) in [5, 5.41) is 11.1. The van der Waals surface area contributed by atoms with Crippen molar-refractivity contribution in [3.63, 3.8) is 0 Å². The molecule has 1 N–H and O–H groups in total. The zero-order valence-corrected chi connectivity index (χ0v) is 32.2. The number of morpholine rings is 1. The average Bonchev–Trinajstić information content (AvgIpc) is 3.79. The zero-order chi connectivity index (χ0) is 37.6. The van der Waals surface area contributed by atoms with Crippen molar-refractivity contribution in [3.05, 3.63) is 137 Å². The molecule has 56 heavy (non-hydrogen) atoms. The predicted molar refractivity (Wildman–Crippen MR) is 219 cm³/mol. The van der Waals surface area contributed by atoms with Gasteiger partial charge in [-0.1, -0.05) is 24.3 Å². The van der Waals surface area contributed by atoms with Crippen LogP contribution in [0.4, 0.5) is 15.8 Å². The number of aryl methyl sites for hydroxylation is 1. The molecule has 4 aromatic carbocycles. The van der Waals surface area contributed by atoms with Crippen LogP contribution in [-0.4, -0.2) is 74.7 Å². The van der Waals surface area contributed by atoms with Crippen LogP contribution in [0.1, 0.15) is 50.4 Å². The van der Waals surface area contributed by atoms with Crippen LogP contribution in [0.2, 0.25) is 0 Å². The van der Waals surface area contributed by atoms with Gasteiger partial charge in [0, 0.05) is 96.8 Å². The number of ether oxygens (including phenoxy) is 1. The van der Waals surface area contributed by atoms with Gasteiger partial charge in [-0.15, -0.1) is 12.4 Å². The van der Waals surface area contributed by atoms with E-state index in [9.17, 15) is 9.90 Å². The van der Waals surface area contributed by atoms with Gasteiger partial charge >= 0.3 is 0 Å². The molecule has 0 spiro atoms. The molecule has 288 valence electrons. The summed E-state index contributed by atoms with van der Waals surface area (Å²) in [5.74, 6) is -0.725. The van der Waals surface area contributed by atoms with Crippen LogP contribution in [0.25, 0.3) is 22.2 Å². The fraction of sp³-hybridized carbons (Fsp3) is 0.289. The minimum atomic E-state index is -0.443. The number of rotatable bonds is 7. The Bertz CT molecular complexity index is 2420. The summed E-state index contributed by atoms with van der Waals surface area (Å²) >= 11 is 0. The first-order chi connectivity index (χ1) is 26.8. The number of halogens is 2. The van der Waals surface area contributed by atoms with Gasteiger partial charge in [0.2, 0.25) is 0 Å². The summed E-state index contributed by atoms with van der Waals surface area (Å²) in [6.45, 7) is 4.81. The number of nitrogens with zero attached hydrogens (tertiary/aromatic N) is 5. The second-order valence-electron chi connectivity index (χ2n) is 15.0. The summed E-state index contributed by atoms with van der Waals surface area (Å²) in [6, 6.07) is 29.1. The summed E-state index contributed by atoms with van der Waals surface area (Å²) in [7, 11) is 1.99. The Morgan fingerprint density at radius 2 is 1.62 bits per heavy atom. The number of fused-ring (bicyclic) bond motifs is 3. The minimum absolute atomic E-state index is 0. The third-order valence-corrected chi connectivity index (χ3v) is 11.6. The molecule has 3 aliphatic rings. The van der Waals surface area contributed by atoms with Crippen molar-refractivity contribution in [2.24, 2.45) is 7.05 Å². The average molecular weight is 774 g/mol. The number of carbonyl (C=O) groups is 2. The topological polar surface area (TPSA) is 83.2 Å². The van der Waals surface area contributed by atoms with Crippen molar-refractivity contribution >= 4 is 46.5 Å². The van der Waals surface area contributed by atoms with Crippen LogP contribution in [-0.2, 0) is 37.7 Å². The molecule has 6 aromatic rings. The third kappa shape index (κ3) is 6.97. The van der Waals surface area contributed by atoms with E-state index in [1.165, 1.54) is 17.7 Å². The lowest BCUT2D eigenvalue weighted by Gasteiger charge is -2.40. The highest BCUT2D eigenvalue weighted by Crippen LogP contribution is 2.38. The molecule has 11 heteroatoms. The molecular weight excluding hydrogens is 729 g/mol. The van der Waals surface area contributed by atoms with Crippen molar-refractivity contribution in [1.29, 1.82) is 0 Å². The van der Waals surface area contributed by atoms with Gasteiger partial charge in [-0.25, -0.2) is 4.39 Å². The molecule has 0 unspecified atom stereocenters. The molecule has 1 saturated heterocycles. The Hall–Kier alpha value is -5.42. The number of amides is 2. The summed E-state index contributed by atoms with van der Waals surface area (Å²) in [5.41, 5.74) is 7.64. The van der Waals surface area contributed by atoms with Crippen molar-refractivity contribution in [1.82, 2.24) is 18.9 Å². The SMILES string of the molecule is Cl.Cn1ccc2cc(N(C(=O)c3cc(-c4cc(F)ccc4C(=O)N4Cc5ccccc5C[C@H]4CN4CCOCC4)n4c3CCCC4)c3ccc(O)cc3)ccc21. The molecule has 0 radical (unpaired) electrons. The van der Waals surface area contributed by atoms with Crippen molar-refractivity contribution in [2.45, 2.75) is 44.8 Å². The Morgan fingerprint density at radius 1 is 0.857 bits per heavy atom. The quantitative estimate of drug-likeness (QED) is 0.177. The van der Waals surface area contributed by atoms with Gasteiger partial charge in [0.05, 0.1) is 18.8 Å². The van der Waals surface area contributed by atoms with Gasteiger partial charge in [0.1, 0.15) is 11.6 Å². The number of hydrogen-bond acceptors (Lipinski definition) is 5. The summed E-state index contributed by atoms with van der Waals surface area (Å²) in [6.07, 6.45) is 5.20. The molecule has 0 saturated carbocycles. The van der Waals surface area contributed by atoms with Gasteiger partial charge in [-0.05, 0) is 110 Å². The predicted octanol–water partition coefficient (Wildman–Crippen LogP) is 8.13. The number of carbonyl (C=O) groups excluding carboxylic acids is 2. The lowest BCUT2D eigenvalue weighted by molar-refractivity contribution is 0.0193. The second-order valence-corrected chi connectivity index (χ2v) is 15.0. The van der Waals surface area contributed by atoms with E-state index in [1.807, 2.05) is 59.1 Å². The molecule has 9 nitrogen and oxygen atoms in total. The number of phenolic OH excluding ortho intramolecular Hbond substituents is 1. The van der Waals surface area contributed by atoms with E-state index in [-0.39, 0.29) is 36.0 Å². The number of anilines is 2. The first kappa shape index (κ1) is 37.5. The Balaban J connectivity index is 0.00000441. The van der Waals surface area contributed by atoms with Gasteiger partial charge in [-0.3, -0.25) is 19.4 Å². The number of aromatic hydroxyl groups is 1. The molecule has 2 amide bonds. The van der Waals surface area contributed by atoms with Crippen LogP contribution in [0, 0.1) is 5.82 Å². The first-order valence-electron chi connectivity index (χ1n) is 19.2. The number of phenols is 1. The number of aromatic nitrogens is 2. The van der Waals surface area contributed by atoms with Crippen molar-refractivity contribution in [2.75, 3.05) is 37.7 Å². The Labute approximate surface area is 331 Å². The first-order valence-corrected chi connectivity index (χ1v) is 19.2. The smallest absolute Gasteiger partial charge is 0.264 e. The van der Waals surface area contributed by atoms with E-state index in [0.29, 0.717) is 66.5 Å². The van der Waals surface area contributed by atoms with Gasteiger partial charge < -0.3 is 23.9 Å². The number of benzene rings is 4. The van der Waals surface area contributed by atoms with Gasteiger partial charge in [0.25, 0.3) is 11.8 Å². The van der Waals surface area contributed by atoms with E-state index in [1.54, 1.807) is 35.2 Å². The van der Waals surface area contributed by atoms with Crippen LogP contribution < -0.4 is 4.90 Å². The van der Waals surface area contributed by atoms with E-state index in [4.69, 9.17) is 4.74 Å². The maximum atomic E-state index is 15.4.